The van der Waals surface area contributed by atoms with E-state index in [2.05, 4.69) is 26.0 Å². The first kappa shape index (κ1) is 21.0. The number of phenolic OH excluding ortho intramolecular Hbond substituents is 1. The van der Waals surface area contributed by atoms with Crippen molar-refractivity contribution in [1.82, 2.24) is 9.66 Å². The van der Waals surface area contributed by atoms with Gasteiger partial charge in [-0.3, -0.25) is 4.79 Å². The highest BCUT2D eigenvalue weighted by atomic mass is 79.9. The van der Waals surface area contributed by atoms with Crippen LogP contribution in [0.4, 0.5) is 0 Å². The Balaban J connectivity index is 1.68. The maximum atomic E-state index is 13.3. The molecule has 0 saturated carbocycles. The monoisotopic (exact) mass is 503 g/mol. The number of ether oxygens (including phenoxy) is 1. The zero-order valence-corrected chi connectivity index (χ0v) is 19.1. The number of fused-ring (bicyclic) bond motifs is 2. The van der Waals surface area contributed by atoms with E-state index >= 15 is 0 Å². The zero-order valence-electron chi connectivity index (χ0n) is 17.5. The quantitative estimate of drug-likeness (QED) is 0.317. The van der Waals surface area contributed by atoms with Crippen molar-refractivity contribution < 1.29 is 14.3 Å². The minimum Gasteiger partial charge on any atom is -0.504 e. The molecule has 33 heavy (non-hydrogen) atoms. The largest absolute Gasteiger partial charge is 0.504 e. The van der Waals surface area contributed by atoms with Crippen molar-refractivity contribution in [2.75, 3.05) is 6.61 Å². The van der Waals surface area contributed by atoms with Crippen LogP contribution in [0.3, 0.4) is 0 Å². The SMILES string of the molecule is CCOc1cc(C=Nn2c(-c3cc4cc(Br)ccc4o3)nc3ccccc3c2=O)ccc1O. The lowest BCUT2D eigenvalue weighted by Crippen LogP contribution is -2.20. The van der Waals surface area contributed by atoms with Gasteiger partial charge in [0.15, 0.2) is 17.3 Å². The lowest BCUT2D eigenvalue weighted by Gasteiger charge is -2.08. The van der Waals surface area contributed by atoms with E-state index in [0.29, 0.717) is 40.2 Å². The molecule has 1 N–H and O–H groups in total. The lowest BCUT2D eigenvalue weighted by atomic mass is 10.2. The summed E-state index contributed by atoms with van der Waals surface area (Å²) in [5, 5.41) is 15.7. The lowest BCUT2D eigenvalue weighted by molar-refractivity contribution is 0.318. The van der Waals surface area contributed by atoms with Gasteiger partial charge >= 0.3 is 0 Å². The molecule has 0 saturated heterocycles. The molecule has 8 heteroatoms. The molecule has 2 aromatic heterocycles. The van der Waals surface area contributed by atoms with Crippen LogP contribution in [-0.2, 0) is 0 Å². The van der Waals surface area contributed by atoms with Crippen LogP contribution in [-0.4, -0.2) is 27.6 Å². The van der Waals surface area contributed by atoms with E-state index in [0.717, 1.165) is 9.86 Å². The second kappa shape index (κ2) is 8.55. The minimum absolute atomic E-state index is 0.0349. The number of hydrogen-bond donors (Lipinski definition) is 1. The van der Waals surface area contributed by atoms with Crippen molar-refractivity contribution in [3.05, 3.63) is 87.1 Å². The third-order valence-electron chi connectivity index (χ3n) is 5.06. The third kappa shape index (κ3) is 4.01. The Hall–Kier alpha value is -3.91. The van der Waals surface area contributed by atoms with Crippen molar-refractivity contribution >= 4 is 44.0 Å². The molecule has 3 aromatic carbocycles. The molecular formula is C25H18BrN3O4. The molecule has 0 fully saturated rings. The van der Waals surface area contributed by atoms with Gasteiger partial charge < -0.3 is 14.3 Å². The second-order valence-electron chi connectivity index (χ2n) is 7.27. The molecule has 0 amide bonds. The maximum Gasteiger partial charge on any atom is 0.282 e. The fourth-order valence-corrected chi connectivity index (χ4v) is 3.90. The molecule has 0 bridgehead atoms. The first-order chi connectivity index (χ1) is 16.0. The molecule has 0 aliphatic rings. The molecule has 0 aliphatic carbocycles. The fraction of sp³-hybridized carbons (Fsp3) is 0.0800. The molecule has 0 atom stereocenters. The summed E-state index contributed by atoms with van der Waals surface area (Å²) in [5.41, 5.74) is 1.55. The van der Waals surface area contributed by atoms with Crippen molar-refractivity contribution in [3.63, 3.8) is 0 Å². The van der Waals surface area contributed by atoms with Gasteiger partial charge in [-0.25, -0.2) is 4.98 Å². The van der Waals surface area contributed by atoms with E-state index in [4.69, 9.17) is 9.15 Å². The van der Waals surface area contributed by atoms with Crippen LogP contribution in [0.1, 0.15) is 12.5 Å². The first-order valence-corrected chi connectivity index (χ1v) is 11.0. The number of phenols is 1. The highest BCUT2D eigenvalue weighted by Crippen LogP contribution is 2.29. The highest BCUT2D eigenvalue weighted by Gasteiger charge is 2.16. The Morgan fingerprint density at radius 2 is 2.00 bits per heavy atom. The van der Waals surface area contributed by atoms with Crippen LogP contribution >= 0.6 is 15.9 Å². The number of rotatable bonds is 5. The summed E-state index contributed by atoms with van der Waals surface area (Å²) in [7, 11) is 0. The zero-order chi connectivity index (χ0) is 22.9. The molecule has 5 aromatic rings. The first-order valence-electron chi connectivity index (χ1n) is 10.2. The number of furan rings is 1. The van der Waals surface area contributed by atoms with E-state index in [1.807, 2.05) is 37.3 Å². The van der Waals surface area contributed by atoms with Crippen molar-refractivity contribution in [2.45, 2.75) is 6.92 Å². The van der Waals surface area contributed by atoms with Gasteiger partial charge in [0.1, 0.15) is 5.58 Å². The Morgan fingerprint density at radius 1 is 1.15 bits per heavy atom. The number of aromatic hydroxyl groups is 1. The van der Waals surface area contributed by atoms with E-state index < -0.39 is 0 Å². The number of halogens is 1. The number of aromatic nitrogens is 2. The van der Waals surface area contributed by atoms with E-state index in [1.54, 1.807) is 30.3 Å². The van der Waals surface area contributed by atoms with Crippen LogP contribution < -0.4 is 10.3 Å². The average Bonchev–Trinajstić information content (AvgIpc) is 3.23. The van der Waals surface area contributed by atoms with Crippen LogP contribution in [0.2, 0.25) is 0 Å². The van der Waals surface area contributed by atoms with Gasteiger partial charge in [0.25, 0.3) is 5.56 Å². The molecule has 164 valence electrons. The summed E-state index contributed by atoms with van der Waals surface area (Å²) >= 11 is 3.47. The summed E-state index contributed by atoms with van der Waals surface area (Å²) in [6.07, 6.45) is 1.52. The van der Waals surface area contributed by atoms with Gasteiger partial charge in [-0.2, -0.15) is 9.78 Å². The molecule has 0 aliphatic heterocycles. The van der Waals surface area contributed by atoms with E-state index in [9.17, 15) is 9.90 Å². The number of hydrogen-bond acceptors (Lipinski definition) is 6. The summed E-state index contributed by atoms with van der Waals surface area (Å²) in [4.78, 5) is 18.0. The van der Waals surface area contributed by atoms with Crippen LogP contribution in [0.5, 0.6) is 11.5 Å². The van der Waals surface area contributed by atoms with Crippen molar-refractivity contribution in [3.8, 4) is 23.1 Å². The van der Waals surface area contributed by atoms with Crippen molar-refractivity contribution in [2.24, 2.45) is 5.10 Å². The van der Waals surface area contributed by atoms with Crippen LogP contribution in [0.15, 0.2) is 85.5 Å². The van der Waals surface area contributed by atoms with Crippen LogP contribution in [0.25, 0.3) is 33.5 Å². The Labute approximate surface area is 196 Å². The summed E-state index contributed by atoms with van der Waals surface area (Å²) in [6.45, 7) is 2.24. The predicted molar refractivity (Wildman–Crippen MR) is 131 cm³/mol. The summed E-state index contributed by atoms with van der Waals surface area (Å²) in [5.74, 6) is 1.08. The highest BCUT2D eigenvalue weighted by molar-refractivity contribution is 9.10. The summed E-state index contributed by atoms with van der Waals surface area (Å²) in [6, 6.07) is 19.4. The number of benzene rings is 3. The second-order valence-corrected chi connectivity index (χ2v) is 8.18. The van der Waals surface area contributed by atoms with E-state index in [1.165, 1.54) is 17.0 Å². The molecule has 0 spiro atoms. The normalized spacial score (nSPS) is 11.6. The van der Waals surface area contributed by atoms with Crippen molar-refractivity contribution in [1.29, 1.82) is 0 Å². The fourth-order valence-electron chi connectivity index (χ4n) is 3.52. The van der Waals surface area contributed by atoms with Gasteiger partial charge in [-0.1, -0.05) is 28.1 Å². The molecule has 0 radical (unpaired) electrons. The summed E-state index contributed by atoms with van der Waals surface area (Å²) < 4.78 is 13.6. The van der Waals surface area contributed by atoms with Crippen LogP contribution in [0, 0.1) is 0 Å². The molecule has 2 heterocycles. The van der Waals surface area contributed by atoms with Gasteiger partial charge in [-0.05, 0) is 67.1 Å². The van der Waals surface area contributed by atoms with Gasteiger partial charge in [-0.15, -0.1) is 0 Å². The number of nitrogens with zero attached hydrogens (tertiary/aromatic N) is 3. The molecule has 7 nitrogen and oxygen atoms in total. The Bertz CT molecular complexity index is 1590. The van der Waals surface area contributed by atoms with Gasteiger partial charge in [0.05, 0.1) is 23.7 Å². The van der Waals surface area contributed by atoms with E-state index in [-0.39, 0.29) is 17.1 Å². The predicted octanol–water partition coefficient (Wildman–Crippen LogP) is 5.56. The molecule has 0 unspecified atom stereocenters. The molecule has 5 rings (SSSR count). The minimum atomic E-state index is -0.322. The van der Waals surface area contributed by atoms with Gasteiger partial charge in [0, 0.05) is 9.86 Å². The average molecular weight is 504 g/mol. The molecular weight excluding hydrogens is 486 g/mol. The standard InChI is InChI=1S/C25H18BrN3O4/c1-2-32-22-11-15(7-9-20(22)30)14-27-29-24(28-19-6-4-3-5-18(19)25(29)31)23-13-16-12-17(26)8-10-21(16)33-23/h3-14,30H,2H2,1H3. The smallest absolute Gasteiger partial charge is 0.282 e. The third-order valence-corrected chi connectivity index (χ3v) is 5.55. The Kier molecular flexibility index (Phi) is 5.43. The van der Waals surface area contributed by atoms with Gasteiger partial charge in [0.2, 0.25) is 5.82 Å². The number of para-hydroxylation sites is 1. The topological polar surface area (TPSA) is 89.9 Å². The maximum absolute atomic E-state index is 13.3. The Morgan fingerprint density at radius 3 is 2.85 bits per heavy atom.